The van der Waals surface area contributed by atoms with Gasteiger partial charge in [0, 0.05) is 91.0 Å². The standard InChI is InChI=1S/C24H23N7O2.C20H19BrN4O2.C19H17BrN4O2/c1-24(2,3)31-19-10-9-14(15-12-26-22(25)27-13-15)11-18(19)28-20(31)16-7-5-6-8-17(16)21-29-30(4)23(32)33-21;1-20(2,3)25-16-10-9-12(21)11-15(16)22-17(25)13-7-5-6-8-14(13)18-23-24(4)19(26)27-18;1-19(2,3)24-15-9-8-11(20)10-14(15)21-16(24)12-6-4-5-7-13(12)17-22-23-18(25)26-17/h5-13H,1-4H3,(H2,25,26,27);5-11H,1-4H3;4-10H,1-3H3,(H,23,25). The molecule has 0 amide bonds. The molecule has 0 atom stereocenters. The summed E-state index contributed by atoms with van der Waals surface area (Å²) in [5.74, 6) is 1.79. The van der Waals surface area contributed by atoms with E-state index < -0.39 is 17.3 Å². The van der Waals surface area contributed by atoms with Gasteiger partial charge in [-0.1, -0.05) is 92.5 Å². The lowest BCUT2D eigenvalue weighted by Gasteiger charge is -2.25. The van der Waals surface area contributed by atoms with Crippen molar-refractivity contribution in [3.8, 4) is 79.7 Å². The number of nitrogens with zero attached hydrogens (tertiary/aromatic N) is 13. The van der Waals surface area contributed by atoms with Crippen LogP contribution < -0.4 is 23.0 Å². The molecule has 0 saturated heterocycles. The first kappa shape index (κ1) is 58.2. The van der Waals surface area contributed by atoms with E-state index in [1.165, 1.54) is 9.36 Å². The van der Waals surface area contributed by atoms with Gasteiger partial charge in [-0.25, -0.2) is 44.4 Å². The fraction of sp³-hybridized carbons (Fsp3) is 0.222. The third kappa shape index (κ3) is 11.4. The number of benzene rings is 6. The average molecular weight is 1280 g/mol. The molecule has 0 aliphatic rings. The number of H-pyrrole nitrogens is 1. The van der Waals surface area contributed by atoms with Crippen LogP contribution in [-0.2, 0) is 30.7 Å². The molecule has 7 heterocycles. The third-order valence-corrected chi connectivity index (χ3v) is 14.9. The van der Waals surface area contributed by atoms with E-state index in [1.54, 1.807) is 26.5 Å². The molecule has 0 spiro atoms. The summed E-state index contributed by atoms with van der Waals surface area (Å²) in [6.07, 6.45) is 3.40. The van der Waals surface area contributed by atoms with Crippen molar-refractivity contribution in [2.45, 2.75) is 78.9 Å². The second kappa shape index (κ2) is 22.4. The molecule has 0 radical (unpaired) electrons. The average Bonchev–Trinajstić information content (AvgIpc) is 4.39. The number of hydrogen-bond acceptors (Lipinski definition) is 15. The largest absolute Gasteiger partial charge is 0.437 e. The Morgan fingerprint density at radius 1 is 0.453 bits per heavy atom. The maximum atomic E-state index is 11.9. The zero-order valence-electron chi connectivity index (χ0n) is 48.9. The molecule has 436 valence electrons. The molecule has 21 nitrogen and oxygen atoms in total. The lowest BCUT2D eigenvalue weighted by Crippen LogP contribution is -2.22. The number of nitrogen functional groups attached to an aromatic ring is 1. The molecule has 23 heteroatoms. The first-order valence-corrected chi connectivity index (χ1v) is 28.8. The molecule has 13 aromatic rings. The van der Waals surface area contributed by atoms with Gasteiger partial charge in [-0.05, 0) is 135 Å². The zero-order valence-corrected chi connectivity index (χ0v) is 52.0. The van der Waals surface area contributed by atoms with E-state index in [4.69, 9.17) is 33.9 Å². The summed E-state index contributed by atoms with van der Waals surface area (Å²) in [7, 11) is 3.13. The molecule has 0 aliphatic carbocycles. The van der Waals surface area contributed by atoms with Gasteiger partial charge in [-0.15, -0.1) is 15.3 Å². The zero-order chi connectivity index (χ0) is 61.1. The number of rotatable bonds is 7. The van der Waals surface area contributed by atoms with Crippen LogP contribution in [0.3, 0.4) is 0 Å². The van der Waals surface area contributed by atoms with Crippen molar-refractivity contribution in [2.75, 3.05) is 5.73 Å². The van der Waals surface area contributed by atoms with Gasteiger partial charge >= 0.3 is 17.3 Å². The fourth-order valence-electron chi connectivity index (χ4n) is 10.3. The molecule has 0 saturated carbocycles. The highest BCUT2D eigenvalue weighted by molar-refractivity contribution is 9.10. The third-order valence-electron chi connectivity index (χ3n) is 13.9. The predicted molar refractivity (Wildman–Crippen MR) is 339 cm³/mol. The van der Waals surface area contributed by atoms with E-state index in [0.717, 1.165) is 92.9 Å². The first-order valence-electron chi connectivity index (χ1n) is 27.2. The SMILES string of the molecule is CC(C)(C)n1c(-c2ccccc2-c2n[nH]c(=O)o2)nc2cc(Br)ccc21.Cn1nc(-c2ccccc2-c2nc3cc(-c4cnc(N)nc4)ccc3n2C(C)(C)C)oc1=O.Cn1nc(-c2ccccc2-c2nc3cc(Br)ccc3n2C(C)(C)C)oc1=O. The number of fused-ring (bicyclic) bond motifs is 3. The Labute approximate surface area is 508 Å². The number of aromatic amines is 1. The van der Waals surface area contributed by atoms with E-state index in [1.807, 2.05) is 115 Å². The Morgan fingerprint density at radius 3 is 1.16 bits per heavy atom. The van der Waals surface area contributed by atoms with E-state index in [0.29, 0.717) is 11.1 Å². The second-order valence-corrected chi connectivity index (χ2v) is 25.1. The molecule has 13 rings (SSSR count). The number of nitrogens with one attached hydrogen (secondary N) is 1. The van der Waals surface area contributed by atoms with Gasteiger partial charge in [0.2, 0.25) is 23.6 Å². The van der Waals surface area contributed by atoms with Crippen LogP contribution in [0.1, 0.15) is 62.3 Å². The fourth-order valence-corrected chi connectivity index (χ4v) is 11.0. The van der Waals surface area contributed by atoms with Gasteiger partial charge in [0.25, 0.3) is 0 Å². The molecule has 7 aromatic heterocycles. The summed E-state index contributed by atoms with van der Waals surface area (Å²) in [5.41, 5.74) is 17.1. The summed E-state index contributed by atoms with van der Waals surface area (Å²) in [5, 5.41) is 14.8. The Balaban J connectivity index is 0.000000135. The minimum Gasteiger partial charge on any atom is -0.388 e. The summed E-state index contributed by atoms with van der Waals surface area (Å²) in [6, 6.07) is 41.2. The number of imidazole rings is 3. The van der Waals surface area contributed by atoms with Crippen molar-refractivity contribution < 1.29 is 13.3 Å². The van der Waals surface area contributed by atoms with Crippen LogP contribution in [0.15, 0.2) is 176 Å². The van der Waals surface area contributed by atoms with Crippen LogP contribution in [0.4, 0.5) is 5.95 Å². The molecule has 0 unspecified atom stereocenters. The Morgan fingerprint density at radius 2 is 0.814 bits per heavy atom. The van der Waals surface area contributed by atoms with Crippen molar-refractivity contribution >= 4 is 70.9 Å². The van der Waals surface area contributed by atoms with Crippen LogP contribution in [-0.4, -0.2) is 68.4 Å². The van der Waals surface area contributed by atoms with E-state index in [9.17, 15) is 14.4 Å². The number of nitrogens with two attached hydrogens (primary N) is 1. The lowest BCUT2D eigenvalue weighted by atomic mass is 10.0. The maximum absolute atomic E-state index is 11.9. The van der Waals surface area contributed by atoms with Gasteiger partial charge in [0.15, 0.2) is 0 Å². The molecular formula is C63H59Br2N15O6. The van der Waals surface area contributed by atoms with Gasteiger partial charge in [-0.3, -0.25) is 0 Å². The molecule has 6 aromatic carbocycles. The van der Waals surface area contributed by atoms with Crippen molar-refractivity contribution in [1.29, 1.82) is 0 Å². The highest BCUT2D eigenvalue weighted by Gasteiger charge is 2.29. The van der Waals surface area contributed by atoms with Crippen molar-refractivity contribution in [3.05, 3.63) is 180 Å². The van der Waals surface area contributed by atoms with E-state index in [-0.39, 0.29) is 40.2 Å². The Hall–Kier alpha value is -9.61. The van der Waals surface area contributed by atoms with Crippen molar-refractivity contribution in [1.82, 2.24) is 68.4 Å². The number of anilines is 1. The van der Waals surface area contributed by atoms with Crippen molar-refractivity contribution in [3.63, 3.8) is 0 Å². The smallest absolute Gasteiger partial charge is 0.388 e. The highest BCUT2D eigenvalue weighted by atomic mass is 79.9. The van der Waals surface area contributed by atoms with Crippen LogP contribution in [0, 0.1) is 0 Å². The van der Waals surface area contributed by atoms with Crippen LogP contribution in [0.25, 0.3) is 113 Å². The first-order chi connectivity index (χ1) is 40.8. The second-order valence-electron chi connectivity index (χ2n) is 23.3. The summed E-state index contributed by atoms with van der Waals surface area (Å²) < 4.78 is 26.8. The molecule has 0 fully saturated rings. The maximum Gasteiger partial charge on any atom is 0.437 e. The van der Waals surface area contributed by atoms with Gasteiger partial charge in [-0.2, -0.15) is 9.36 Å². The highest BCUT2D eigenvalue weighted by Crippen LogP contribution is 2.40. The molecule has 0 aliphatic heterocycles. The summed E-state index contributed by atoms with van der Waals surface area (Å²) in [4.78, 5) is 58.1. The minimum absolute atomic E-state index is 0.197. The number of halogens is 2. The normalized spacial score (nSPS) is 12.0. The molecule has 3 N–H and O–H groups in total. The van der Waals surface area contributed by atoms with E-state index in [2.05, 4.69) is 150 Å². The van der Waals surface area contributed by atoms with Crippen LogP contribution >= 0.6 is 31.9 Å². The number of aromatic nitrogens is 14. The van der Waals surface area contributed by atoms with Gasteiger partial charge in [0.1, 0.15) is 17.5 Å². The number of aryl methyl sites for hydroxylation is 2. The van der Waals surface area contributed by atoms with Crippen LogP contribution in [0.2, 0.25) is 0 Å². The number of hydrogen-bond donors (Lipinski definition) is 2. The quantitative estimate of drug-likeness (QED) is 0.150. The predicted octanol–water partition coefficient (Wildman–Crippen LogP) is 13.0. The topological polar surface area (TPSA) is 260 Å². The Kier molecular flexibility index (Phi) is 15.2. The van der Waals surface area contributed by atoms with Gasteiger partial charge < -0.3 is 32.7 Å². The summed E-state index contributed by atoms with van der Waals surface area (Å²) in [6.45, 7) is 19.2. The monoisotopic (exact) mass is 1280 g/mol. The molecular weight excluding hydrogens is 1220 g/mol. The Bertz CT molecular complexity index is 4880. The minimum atomic E-state index is -0.581. The van der Waals surface area contributed by atoms with E-state index >= 15 is 0 Å². The molecule has 0 bridgehead atoms. The lowest BCUT2D eigenvalue weighted by molar-refractivity contribution is 0.412. The molecule has 86 heavy (non-hydrogen) atoms. The van der Waals surface area contributed by atoms with Gasteiger partial charge in [0.05, 0.1) is 33.1 Å². The summed E-state index contributed by atoms with van der Waals surface area (Å²) >= 11 is 7.04. The van der Waals surface area contributed by atoms with Crippen molar-refractivity contribution in [2.24, 2.45) is 14.1 Å². The van der Waals surface area contributed by atoms with Crippen LogP contribution in [0.5, 0.6) is 0 Å².